The molecule has 3 unspecified atom stereocenters. The summed E-state index contributed by atoms with van der Waals surface area (Å²) in [6, 6.07) is -2.78. The number of nitrogens with zero attached hydrogens (tertiary/aromatic N) is 1. The molecule has 0 aromatic carbocycles. The number of halogens is 7. The van der Waals surface area contributed by atoms with Crippen molar-refractivity contribution in [3.8, 4) is 0 Å². The van der Waals surface area contributed by atoms with E-state index in [1.54, 1.807) is 0 Å². The molecule has 1 aliphatic carbocycles. The highest BCUT2D eigenvalue weighted by Crippen LogP contribution is 2.47. The lowest BCUT2D eigenvalue weighted by molar-refractivity contribution is -0.296. The highest BCUT2D eigenvalue weighted by atomic mass is 19.4. The smallest absolute Gasteiger partial charge is 0.247 e. The minimum Gasteiger partial charge on any atom is -0.247 e. The fraction of sp³-hybridized carbons (Fsp3) is 1.00. The zero-order valence-corrected chi connectivity index (χ0v) is 7.53. The topological polar surface area (TPSA) is 3.24 Å². The Morgan fingerprint density at radius 2 is 1.53 bits per heavy atom. The Hall–Kier alpha value is -0.530. The molecule has 1 nitrogen and oxygen atoms in total. The predicted octanol–water partition coefficient (Wildman–Crippen LogP) is 2.73. The molecule has 0 N–H and O–H groups in total. The molecule has 0 bridgehead atoms. The third kappa shape index (κ3) is 2.73. The van der Waals surface area contributed by atoms with Gasteiger partial charge in [0.25, 0.3) is 0 Å². The average molecular weight is 239 g/mol. The van der Waals surface area contributed by atoms with Crippen LogP contribution in [0.5, 0.6) is 0 Å². The van der Waals surface area contributed by atoms with Gasteiger partial charge in [0.2, 0.25) is 0 Å². The number of alkyl halides is 7. The molecule has 0 aromatic rings. The van der Waals surface area contributed by atoms with Gasteiger partial charge in [0, 0.05) is 5.92 Å². The number of hydrogen-bond acceptors (Lipinski definition) is 1. The van der Waals surface area contributed by atoms with Gasteiger partial charge in [-0.3, -0.25) is 0 Å². The lowest BCUT2D eigenvalue weighted by Gasteiger charge is -2.31. The maximum atomic E-state index is 12.4. The highest BCUT2D eigenvalue weighted by Gasteiger charge is 2.61. The first-order chi connectivity index (χ1) is 6.55. The lowest BCUT2D eigenvalue weighted by Crippen LogP contribution is -2.52. The van der Waals surface area contributed by atoms with E-state index in [-0.39, 0.29) is 7.05 Å². The summed E-state index contributed by atoms with van der Waals surface area (Å²) in [5.74, 6) is -1.60. The molecule has 3 atom stereocenters. The molecule has 1 saturated carbocycles. The number of hydrogen-bond donors (Lipinski definition) is 0. The molecule has 0 spiro atoms. The van der Waals surface area contributed by atoms with Crippen molar-refractivity contribution < 1.29 is 30.7 Å². The molecule has 1 aliphatic rings. The molecule has 0 saturated heterocycles. The first-order valence-corrected chi connectivity index (χ1v) is 4.05. The van der Waals surface area contributed by atoms with E-state index in [9.17, 15) is 30.7 Å². The van der Waals surface area contributed by atoms with Gasteiger partial charge in [0.05, 0.1) is 0 Å². The summed E-state index contributed by atoms with van der Waals surface area (Å²) in [6.45, 7) is 0. The Kier molecular flexibility index (Phi) is 2.92. The summed E-state index contributed by atoms with van der Waals surface area (Å²) in [6.07, 6.45) is -12.4. The van der Waals surface area contributed by atoms with Crippen molar-refractivity contribution in [3.63, 3.8) is 0 Å². The molecule has 8 heteroatoms. The van der Waals surface area contributed by atoms with E-state index in [1.165, 1.54) is 0 Å². The van der Waals surface area contributed by atoms with Crippen LogP contribution in [0.1, 0.15) is 6.42 Å². The van der Waals surface area contributed by atoms with Crippen molar-refractivity contribution in [2.24, 2.45) is 5.92 Å². The van der Waals surface area contributed by atoms with Crippen molar-refractivity contribution in [2.45, 2.75) is 31.1 Å². The van der Waals surface area contributed by atoms with Crippen molar-refractivity contribution in [1.29, 1.82) is 0 Å². The van der Waals surface area contributed by atoms with Gasteiger partial charge in [-0.1, -0.05) is 0 Å². The lowest BCUT2D eigenvalue weighted by atomic mass is 10.1. The van der Waals surface area contributed by atoms with Crippen LogP contribution in [-0.4, -0.2) is 36.6 Å². The molecule has 90 valence electrons. The van der Waals surface area contributed by atoms with Gasteiger partial charge in [-0.2, -0.15) is 26.3 Å². The summed E-state index contributed by atoms with van der Waals surface area (Å²) in [4.78, 5) is -0.781. The second-order valence-corrected chi connectivity index (χ2v) is 3.48. The van der Waals surface area contributed by atoms with Crippen LogP contribution < -0.4 is 0 Å². The van der Waals surface area contributed by atoms with Crippen molar-refractivity contribution in [3.05, 3.63) is 0 Å². The van der Waals surface area contributed by atoms with Crippen LogP contribution in [0, 0.1) is 5.92 Å². The first-order valence-electron chi connectivity index (χ1n) is 4.05. The zero-order chi connectivity index (χ0) is 12.0. The van der Waals surface area contributed by atoms with Crippen molar-refractivity contribution >= 4 is 0 Å². The van der Waals surface area contributed by atoms with Gasteiger partial charge >= 0.3 is 12.5 Å². The molecule has 0 radical (unpaired) electrons. The van der Waals surface area contributed by atoms with Crippen LogP contribution in [0.3, 0.4) is 0 Å². The van der Waals surface area contributed by atoms with Gasteiger partial charge in [0.1, 0.15) is 12.2 Å². The van der Waals surface area contributed by atoms with Crippen LogP contribution in [0.25, 0.3) is 0 Å². The highest BCUT2D eigenvalue weighted by molar-refractivity contribution is 4.99. The van der Waals surface area contributed by atoms with E-state index in [0.717, 1.165) is 0 Å². The van der Waals surface area contributed by atoms with Crippen LogP contribution in [0.4, 0.5) is 30.7 Å². The van der Waals surface area contributed by atoms with Crippen molar-refractivity contribution in [2.75, 3.05) is 7.05 Å². The summed E-state index contributed by atoms with van der Waals surface area (Å²) in [5.41, 5.74) is 0. The van der Waals surface area contributed by atoms with E-state index >= 15 is 0 Å². The number of rotatable bonds is 2. The largest absolute Gasteiger partial charge is 0.460 e. The average Bonchev–Trinajstić information content (AvgIpc) is 2.61. The SMILES string of the molecule is CN(C(C1CC1F)C(F)(F)F)C(F)(F)F. The molecule has 0 aliphatic heterocycles. The quantitative estimate of drug-likeness (QED) is 0.529. The van der Waals surface area contributed by atoms with E-state index in [2.05, 4.69) is 0 Å². The normalized spacial score (nSPS) is 29.4. The minimum absolute atomic E-state index is 0.281. The maximum absolute atomic E-state index is 12.4. The third-order valence-electron chi connectivity index (χ3n) is 2.32. The Balaban J connectivity index is 2.83. The Bertz CT molecular complexity index is 232. The molecule has 1 rings (SSSR count). The molecule has 1 fully saturated rings. The molecule has 0 heterocycles. The van der Waals surface area contributed by atoms with Crippen LogP contribution >= 0.6 is 0 Å². The minimum atomic E-state index is -5.11. The fourth-order valence-corrected chi connectivity index (χ4v) is 1.42. The molecule has 15 heavy (non-hydrogen) atoms. The van der Waals surface area contributed by atoms with E-state index < -0.39 is 41.9 Å². The van der Waals surface area contributed by atoms with Gasteiger partial charge < -0.3 is 0 Å². The van der Waals surface area contributed by atoms with E-state index in [0.29, 0.717) is 0 Å². The first kappa shape index (κ1) is 12.5. The maximum Gasteiger partial charge on any atom is 0.460 e. The second-order valence-electron chi connectivity index (χ2n) is 3.48. The Morgan fingerprint density at radius 3 is 1.73 bits per heavy atom. The standard InChI is InChI=1S/C7H8F7N/c1-15(7(12,13)14)5(6(9,10)11)3-2-4(3)8/h3-5H,2H2,1H3. The predicted molar refractivity (Wildman–Crippen MR) is 36.7 cm³/mol. The van der Waals surface area contributed by atoms with E-state index in [1.807, 2.05) is 0 Å². The third-order valence-corrected chi connectivity index (χ3v) is 2.32. The Morgan fingerprint density at radius 1 is 1.13 bits per heavy atom. The van der Waals surface area contributed by atoms with Gasteiger partial charge in [-0.05, 0) is 13.5 Å². The summed E-state index contributed by atoms with van der Waals surface area (Å²) in [5, 5.41) is 0. The van der Waals surface area contributed by atoms with Gasteiger partial charge in [0.15, 0.2) is 0 Å². The van der Waals surface area contributed by atoms with Crippen LogP contribution in [0.15, 0.2) is 0 Å². The molecule has 0 amide bonds. The Labute approximate surface area is 80.8 Å². The fourth-order valence-electron chi connectivity index (χ4n) is 1.42. The summed E-state index contributed by atoms with van der Waals surface area (Å²) >= 11 is 0. The van der Waals surface area contributed by atoms with Crippen LogP contribution in [-0.2, 0) is 0 Å². The summed E-state index contributed by atoms with van der Waals surface area (Å²) in [7, 11) is 0.281. The zero-order valence-electron chi connectivity index (χ0n) is 7.53. The monoisotopic (exact) mass is 239 g/mol. The van der Waals surface area contributed by atoms with Crippen molar-refractivity contribution in [1.82, 2.24) is 4.90 Å². The summed E-state index contributed by atoms with van der Waals surface area (Å²) < 4.78 is 85.3. The molecular weight excluding hydrogens is 231 g/mol. The van der Waals surface area contributed by atoms with Gasteiger partial charge in [-0.15, -0.1) is 0 Å². The van der Waals surface area contributed by atoms with Crippen LogP contribution in [0.2, 0.25) is 0 Å². The second kappa shape index (κ2) is 3.50. The molecule has 0 aromatic heterocycles. The molecular formula is C7H8F7N. The van der Waals surface area contributed by atoms with Gasteiger partial charge in [-0.25, -0.2) is 9.29 Å². The van der Waals surface area contributed by atoms with E-state index in [4.69, 9.17) is 0 Å².